The largest absolute Gasteiger partial charge is 0.459 e. The van der Waals surface area contributed by atoms with Crippen molar-refractivity contribution in [2.75, 3.05) is 31.1 Å². The van der Waals surface area contributed by atoms with E-state index in [1.54, 1.807) is 24.3 Å². The van der Waals surface area contributed by atoms with Gasteiger partial charge in [-0.05, 0) is 42.8 Å². The van der Waals surface area contributed by atoms with E-state index in [-0.39, 0.29) is 11.7 Å². The van der Waals surface area contributed by atoms with Crippen LogP contribution >= 0.6 is 0 Å². The van der Waals surface area contributed by atoms with Gasteiger partial charge in [-0.1, -0.05) is 0 Å². The number of hydrogen-bond acceptors (Lipinski definition) is 3. The van der Waals surface area contributed by atoms with Gasteiger partial charge in [-0.3, -0.25) is 4.79 Å². The average Bonchev–Trinajstić information content (AvgIpc) is 2.92. The van der Waals surface area contributed by atoms with Crippen molar-refractivity contribution in [1.29, 1.82) is 0 Å². The molecule has 0 atom stereocenters. The summed E-state index contributed by atoms with van der Waals surface area (Å²) >= 11 is 0. The zero-order valence-electron chi connectivity index (χ0n) is 11.7. The fourth-order valence-electron chi connectivity index (χ4n) is 2.59. The molecule has 0 bridgehead atoms. The van der Waals surface area contributed by atoms with Crippen LogP contribution in [0.2, 0.25) is 0 Å². The summed E-state index contributed by atoms with van der Waals surface area (Å²) in [5, 5.41) is 0. The maximum atomic E-state index is 13.0. The zero-order valence-corrected chi connectivity index (χ0v) is 11.7. The maximum Gasteiger partial charge on any atom is 0.289 e. The molecular formula is C16H17FN2O2. The highest BCUT2D eigenvalue weighted by molar-refractivity contribution is 5.91. The number of anilines is 1. The molecule has 1 fully saturated rings. The van der Waals surface area contributed by atoms with E-state index in [4.69, 9.17) is 4.42 Å². The Balaban J connectivity index is 1.66. The number of carbonyl (C=O) groups is 1. The van der Waals surface area contributed by atoms with Crippen LogP contribution < -0.4 is 4.90 Å². The number of halogens is 1. The summed E-state index contributed by atoms with van der Waals surface area (Å²) in [5.74, 6) is 0.0781. The third-order valence-corrected chi connectivity index (χ3v) is 3.71. The number of furan rings is 1. The van der Waals surface area contributed by atoms with Crippen LogP contribution in [-0.4, -0.2) is 37.0 Å². The highest BCUT2D eigenvalue weighted by Crippen LogP contribution is 2.18. The lowest BCUT2D eigenvalue weighted by Gasteiger charge is -2.23. The van der Waals surface area contributed by atoms with Crippen molar-refractivity contribution in [3.63, 3.8) is 0 Å². The minimum absolute atomic E-state index is 0.0686. The molecule has 0 saturated carbocycles. The summed E-state index contributed by atoms with van der Waals surface area (Å²) in [6.45, 7) is 2.93. The molecule has 110 valence electrons. The van der Waals surface area contributed by atoms with E-state index in [2.05, 4.69) is 4.90 Å². The molecule has 2 aromatic rings. The SMILES string of the molecule is O=C(c1ccco1)N1CCCN(c2ccc(F)cc2)CC1. The van der Waals surface area contributed by atoms with Gasteiger partial charge in [-0.15, -0.1) is 0 Å². The Kier molecular flexibility index (Phi) is 3.90. The van der Waals surface area contributed by atoms with Gasteiger partial charge in [0.2, 0.25) is 0 Å². The van der Waals surface area contributed by atoms with Crippen LogP contribution in [0.25, 0.3) is 0 Å². The molecule has 4 nitrogen and oxygen atoms in total. The van der Waals surface area contributed by atoms with Crippen LogP contribution in [0.4, 0.5) is 10.1 Å². The molecule has 0 aliphatic carbocycles. The normalized spacial score (nSPS) is 15.9. The van der Waals surface area contributed by atoms with Gasteiger partial charge < -0.3 is 14.2 Å². The topological polar surface area (TPSA) is 36.7 Å². The summed E-state index contributed by atoms with van der Waals surface area (Å²) in [4.78, 5) is 16.2. The number of amides is 1. The second kappa shape index (κ2) is 5.99. The van der Waals surface area contributed by atoms with E-state index in [9.17, 15) is 9.18 Å². The monoisotopic (exact) mass is 288 g/mol. The minimum atomic E-state index is -0.233. The van der Waals surface area contributed by atoms with E-state index in [1.807, 2.05) is 4.90 Å². The fourth-order valence-corrected chi connectivity index (χ4v) is 2.59. The van der Waals surface area contributed by atoms with Crippen LogP contribution in [0.5, 0.6) is 0 Å². The number of nitrogens with zero attached hydrogens (tertiary/aromatic N) is 2. The van der Waals surface area contributed by atoms with Crippen molar-refractivity contribution in [3.8, 4) is 0 Å². The standard InChI is InChI=1S/C16H17FN2O2/c17-13-4-6-14(7-5-13)18-8-2-9-19(11-10-18)16(20)15-3-1-12-21-15/h1,3-7,12H,2,8-11H2. The summed E-state index contributed by atoms with van der Waals surface area (Å²) in [7, 11) is 0. The molecule has 2 heterocycles. The van der Waals surface area contributed by atoms with Gasteiger partial charge in [0.1, 0.15) is 5.82 Å². The Bertz CT molecular complexity index is 595. The molecule has 1 saturated heterocycles. The third-order valence-electron chi connectivity index (χ3n) is 3.71. The van der Waals surface area contributed by atoms with Gasteiger partial charge in [-0.25, -0.2) is 4.39 Å². The Hall–Kier alpha value is -2.30. The Morgan fingerprint density at radius 1 is 1.05 bits per heavy atom. The van der Waals surface area contributed by atoms with Crippen LogP contribution in [0.15, 0.2) is 47.1 Å². The Morgan fingerprint density at radius 2 is 1.86 bits per heavy atom. The van der Waals surface area contributed by atoms with Gasteiger partial charge >= 0.3 is 0 Å². The van der Waals surface area contributed by atoms with Crippen molar-refractivity contribution in [2.45, 2.75) is 6.42 Å². The lowest BCUT2D eigenvalue weighted by atomic mass is 10.2. The lowest BCUT2D eigenvalue weighted by molar-refractivity contribution is 0.0735. The van der Waals surface area contributed by atoms with E-state index in [0.717, 1.165) is 25.2 Å². The number of carbonyl (C=O) groups excluding carboxylic acids is 1. The molecule has 0 spiro atoms. The molecule has 0 unspecified atom stereocenters. The molecule has 1 aliphatic rings. The molecule has 5 heteroatoms. The molecule has 1 aromatic heterocycles. The number of hydrogen-bond donors (Lipinski definition) is 0. The van der Waals surface area contributed by atoms with E-state index in [0.29, 0.717) is 18.8 Å². The van der Waals surface area contributed by atoms with Gasteiger partial charge in [0.25, 0.3) is 5.91 Å². The summed E-state index contributed by atoms with van der Waals surface area (Å²) in [5.41, 5.74) is 0.990. The van der Waals surface area contributed by atoms with Crippen LogP contribution in [0, 0.1) is 5.82 Å². The zero-order chi connectivity index (χ0) is 14.7. The van der Waals surface area contributed by atoms with E-state index in [1.165, 1.54) is 18.4 Å². The van der Waals surface area contributed by atoms with Crippen molar-refractivity contribution in [2.24, 2.45) is 0 Å². The highest BCUT2D eigenvalue weighted by atomic mass is 19.1. The first-order chi connectivity index (χ1) is 10.2. The van der Waals surface area contributed by atoms with Crippen molar-refractivity contribution < 1.29 is 13.6 Å². The van der Waals surface area contributed by atoms with Gasteiger partial charge in [-0.2, -0.15) is 0 Å². The summed E-state index contributed by atoms with van der Waals surface area (Å²) in [6.07, 6.45) is 2.39. The molecule has 0 N–H and O–H groups in total. The average molecular weight is 288 g/mol. The predicted octanol–water partition coefficient (Wildman–Crippen LogP) is 2.77. The number of rotatable bonds is 2. The first-order valence-corrected chi connectivity index (χ1v) is 7.07. The maximum absolute atomic E-state index is 13.0. The summed E-state index contributed by atoms with van der Waals surface area (Å²) < 4.78 is 18.1. The molecular weight excluding hydrogens is 271 g/mol. The fraction of sp³-hybridized carbons (Fsp3) is 0.312. The molecule has 1 aromatic carbocycles. The summed E-state index contributed by atoms with van der Waals surface area (Å²) in [6, 6.07) is 9.89. The molecule has 0 radical (unpaired) electrons. The molecule has 1 amide bonds. The van der Waals surface area contributed by atoms with Crippen molar-refractivity contribution in [3.05, 3.63) is 54.2 Å². The minimum Gasteiger partial charge on any atom is -0.459 e. The van der Waals surface area contributed by atoms with Gasteiger partial charge in [0, 0.05) is 31.9 Å². The van der Waals surface area contributed by atoms with Gasteiger partial charge in [0.05, 0.1) is 6.26 Å². The molecule has 21 heavy (non-hydrogen) atoms. The van der Waals surface area contributed by atoms with Crippen LogP contribution in [0.3, 0.4) is 0 Å². The van der Waals surface area contributed by atoms with Crippen molar-refractivity contribution >= 4 is 11.6 Å². The quantitative estimate of drug-likeness (QED) is 0.852. The van der Waals surface area contributed by atoms with Crippen molar-refractivity contribution in [1.82, 2.24) is 4.90 Å². The highest BCUT2D eigenvalue weighted by Gasteiger charge is 2.21. The number of benzene rings is 1. The lowest BCUT2D eigenvalue weighted by Crippen LogP contribution is -2.35. The Labute approximate surface area is 122 Å². The Morgan fingerprint density at radius 3 is 2.57 bits per heavy atom. The first kappa shape index (κ1) is 13.7. The first-order valence-electron chi connectivity index (χ1n) is 7.07. The second-order valence-corrected chi connectivity index (χ2v) is 5.09. The molecule has 3 rings (SSSR count). The third kappa shape index (κ3) is 3.07. The van der Waals surface area contributed by atoms with E-state index >= 15 is 0 Å². The smallest absolute Gasteiger partial charge is 0.289 e. The van der Waals surface area contributed by atoms with Crippen LogP contribution in [0.1, 0.15) is 17.0 Å². The van der Waals surface area contributed by atoms with E-state index < -0.39 is 0 Å². The molecule has 1 aliphatic heterocycles. The van der Waals surface area contributed by atoms with Crippen LogP contribution in [-0.2, 0) is 0 Å². The second-order valence-electron chi connectivity index (χ2n) is 5.09. The predicted molar refractivity (Wildman–Crippen MR) is 77.8 cm³/mol. The van der Waals surface area contributed by atoms with Gasteiger partial charge in [0.15, 0.2) is 5.76 Å².